The van der Waals surface area contributed by atoms with E-state index in [1.165, 1.54) is 64.2 Å². The van der Waals surface area contributed by atoms with Crippen molar-refractivity contribution in [3.63, 3.8) is 0 Å². The molecule has 1 aliphatic carbocycles. The summed E-state index contributed by atoms with van der Waals surface area (Å²) >= 11 is 0. The van der Waals surface area contributed by atoms with Crippen LogP contribution in [0.25, 0.3) is 0 Å². The van der Waals surface area contributed by atoms with E-state index in [1.807, 2.05) is 0 Å². The third kappa shape index (κ3) is 15.9. The molecule has 0 aromatic heterocycles. The van der Waals surface area contributed by atoms with E-state index in [2.05, 4.69) is 13.8 Å². The molecule has 1 saturated carbocycles. The Kier molecular flexibility index (Phi) is 19.6. The molecule has 34 heavy (non-hydrogen) atoms. The Morgan fingerprint density at radius 1 is 0.824 bits per heavy atom. The van der Waals surface area contributed by atoms with E-state index in [0.717, 1.165) is 70.6 Å². The molecule has 0 heterocycles. The van der Waals surface area contributed by atoms with Gasteiger partial charge in [0.05, 0.1) is 6.61 Å². The fourth-order valence-corrected chi connectivity index (χ4v) is 5.43. The molecule has 1 aliphatic rings. The Labute approximate surface area is 211 Å². The number of rotatable bonds is 23. The molecule has 3 atom stereocenters. The summed E-state index contributed by atoms with van der Waals surface area (Å²) in [6, 6.07) is 0.304. The lowest BCUT2D eigenvalue weighted by Crippen LogP contribution is -2.22. The van der Waals surface area contributed by atoms with Crippen LogP contribution in [0, 0.1) is 11.8 Å². The monoisotopic (exact) mass is 479 g/mol. The van der Waals surface area contributed by atoms with Crippen LogP contribution in [-0.4, -0.2) is 24.4 Å². The van der Waals surface area contributed by atoms with Gasteiger partial charge in [0.1, 0.15) is 5.78 Å². The number of carbonyl (C=O) groups is 2. The van der Waals surface area contributed by atoms with Gasteiger partial charge in [0.2, 0.25) is 0 Å². The van der Waals surface area contributed by atoms with E-state index in [-0.39, 0.29) is 11.9 Å². The zero-order chi connectivity index (χ0) is 24.9. The lowest BCUT2D eigenvalue weighted by Gasteiger charge is -2.20. The Bertz CT molecular complexity index is 507. The highest BCUT2D eigenvalue weighted by atomic mass is 16.5. The largest absolute Gasteiger partial charge is 0.466 e. The third-order valence-corrected chi connectivity index (χ3v) is 7.74. The van der Waals surface area contributed by atoms with E-state index in [1.54, 1.807) is 0 Å². The molecule has 0 aromatic carbocycles. The summed E-state index contributed by atoms with van der Waals surface area (Å²) in [6.45, 7) is 5.06. The van der Waals surface area contributed by atoms with Crippen molar-refractivity contribution in [2.45, 2.75) is 161 Å². The molecule has 0 radical (unpaired) electrons. The number of carbonyl (C=O) groups excluding carboxylic acids is 2. The van der Waals surface area contributed by atoms with Gasteiger partial charge in [-0.3, -0.25) is 9.59 Å². The molecule has 1 rings (SSSR count). The minimum Gasteiger partial charge on any atom is -0.466 e. The lowest BCUT2D eigenvalue weighted by atomic mass is 9.85. The van der Waals surface area contributed by atoms with Crippen molar-refractivity contribution in [2.24, 2.45) is 17.6 Å². The number of ether oxygens (including phenoxy) is 1. The molecular weight excluding hydrogens is 422 g/mol. The molecule has 4 heteroatoms. The van der Waals surface area contributed by atoms with Crippen molar-refractivity contribution in [1.29, 1.82) is 0 Å². The van der Waals surface area contributed by atoms with Gasteiger partial charge in [0, 0.05) is 24.8 Å². The van der Waals surface area contributed by atoms with E-state index < -0.39 is 0 Å². The number of hydrogen-bond donors (Lipinski definition) is 1. The van der Waals surface area contributed by atoms with Gasteiger partial charge >= 0.3 is 5.97 Å². The van der Waals surface area contributed by atoms with Gasteiger partial charge < -0.3 is 10.5 Å². The third-order valence-electron chi connectivity index (χ3n) is 7.74. The summed E-state index contributed by atoms with van der Waals surface area (Å²) in [5, 5.41) is 0. The summed E-state index contributed by atoms with van der Waals surface area (Å²) in [5.41, 5.74) is 6.30. The lowest BCUT2D eigenvalue weighted by molar-refractivity contribution is -0.143. The minimum absolute atomic E-state index is 0.0377. The Morgan fingerprint density at radius 2 is 1.44 bits per heavy atom. The van der Waals surface area contributed by atoms with Gasteiger partial charge in [0.25, 0.3) is 0 Å². The van der Waals surface area contributed by atoms with Gasteiger partial charge in [-0.25, -0.2) is 0 Å². The second-order valence-electron chi connectivity index (χ2n) is 10.9. The molecule has 1 unspecified atom stereocenters. The molecular formula is C30H57NO3. The van der Waals surface area contributed by atoms with Gasteiger partial charge in [-0.15, -0.1) is 0 Å². The van der Waals surface area contributed by atoms with Gasteiger partial charge in [-0.2, -0.15) is 0 Å². The van der Waals surface area contributed by atoms with Crippen molar-refractivity contribution in [2.75, 3.05) is 6.61 Å². The first kappa shape index (κ1) is 31.1. The van der Waals surface area contributed by atoms with Crippen LogP contribution >= 0.6 is 0 Å². The van der Waals surface area contributed by atoms with E-state index in [0.29, 0.717) is 30.8 Å². The molecule has 4 nitrogen and oxygen atoms in total. The van der Waals surface area contributed by atoms with Crippen molar-refractivity contribution in [3.05, 3.63) is 0 Å². The number of ketones is 1. The van der Waals surface area contributed by atoms with Crippen LogP contribution in [0.1, 0.15) is 155 Å². The van der Waals surface area contributed by atoms with Gasteiger partial charge in [-0.05, 0) is 50.9 Å². The fourth-order valence-electron chi connectivity index (χ4n) is 5.43. The smallest absolute Gasteiger partial charge is 0.305 e. The zero-order valence-corrected chi connectivity index (χ0v) is 22.8. The molecule has 200 valence electrons. The zero-order valence-electron chi connectivity index (χ0n) is 22.8. The maximum atomic E-state index is 12.4. The first-order chi connectivity index (χ1) is 16.6. The number of nitrogens with two attached hydrogens (primary N) is 1. The highest BCUT2D eigenvalue weighted by Crippen LogP contribution is 2.36. The van der Waals surface area contributed by atoms with E-state index in [9.17, 15) is 9.59 Å². The SMILES string of the molecule is CCCCCCCCCCOC(=O)CCCCCC[C@H]1C(=O)CC[C@@H]1CCC(N)CCCCC. The van der Waals surface area contributed by atoms with Crippen LogP contribution in [0.2, 0.25) is 0 Å². The molecule has 0 aromatic rings. The van der Waals surface area contributed by atoms with Crippen LogP contribution in [0.3, 0.4) is 0 Å². The summed E-state index contributed by atoms with van der Waals surface area (Å²) in [6.07, 6.45) is 24.7. The predicted octanol–water partition coefficient (Wildman–Crippen LogP) is 8.29. The molecule has 0 bridgehead atoms. The van der Waals surface area contributed by atoms with Crippen LogP contribution in [0.5, 0.6) is 0 Å². The highest BCUT2D eigenvalue weighted by molar-refractivity contribution is 5.83. The highest BCUT2D eigenvalue weighted by Gasteiger charge is 2.33. The quantitative estimate of drug-likeness (QED) is 0.118. The first-order valence-corrected chi connectivity index (χ1v) is 15.0. The molecule has 2 N–H and O–H groups in total. The predicted molar refractivity (Wildman–Crippen MR) is 144 cm³/mol. The Hall–Kier alpha value is -0.900. The van der Waals surface area contributed by atoms with Gasteiger partial charge in [-0.1, -0.05) is 97.3 Å². The number of esters is 1. The van der Waals surface area contributed by atoms with Crippen LogP contribution < -0.4 is 5.73 Å². The van der Waals surface area contributed by atoms with Crippen molar-refractivity contribution in [3.8, 4) is 0 Å². The molecule has 1 fully saturated rings. The Morgan fingerprint density at radius 3 is 2.18 bits per heavy atom. The van der Waals surface area contributed by atoms with E-state index >= 15 is 0 Å². The summed E-state index contributed by atoms with van der Waals surface area (Å²) in [4.78, 5) is 24.3. The van der Waals surface area contributed by atoms with Crippen molar-refractivity contribution < 1.29 is 14.3 Å². The number of unbranched alkanes of at least 4 members (excludes halogenated alkanes) is 12. The first-order valence-electron chi connectivity index (χ1n) is 15.0. The second kappa shape index (κ2) is 21.4. The molecule has 0 amide bonds. The van der Waals surface area contributed by atoms with Crippen molar-refractivity contribution >= 4 is 11.8 Å². The number of Topliss-reactive ketones (excluding diaryl/α,β-unsaturated/α-hetero) is 1. The summed E-state index contributed by atoms with van der Waals surface area (Å²) in [7, 11) is 0. The van der Waals surface area contributed by atoms with Crippen LogP contribution in [0.15, 0.2) is 0 Å². The van der Waals surface area contributed by atoms with Gasteiger partial charge in [0.15, 0.2) is 0 Å². The Balaban J connectivity index is 2.00. The molecule has 0 saturated heterocycles. The average Bonchev–Trinajstić information content (AvgIpc) is 3.18. The molecule has 0 spiro atoms. The van der Waals surface area contributed by atoms with Crippen LogP contribution in [0.4, 0.5) is 0 Å². The standard InChI is InChI=1S/C30H57NO3/c1-3-5-7-8-9-10-13-17-25-34-30(33)20-16-12-11-15-19-28-26(22-24-29(28)32)21-23-27(31)18-14-6-4-2/h26-28H,3-25,31H2,1-2H3/t26-,27?,28+/m0/s1. The number of hydrogen-bond acceptors (Lipinski definition) is 4. The summed E-state index contributed by atoms with van der Waals surface area (Å²) < 4.78 is 5.39. The maximum absolute atomic E-state index is 12.4. The van der Waals surface area contributed by atoms with Crippen molar-refractivity contribution in [1.82, 2.24) is 0 Å². The molecule has 0 aliphatic heterocycles. The average molecular weight is 480 g/mol. The fraction of sp³-hybridized carbons (Fsp3) is 0.933. The summed E-state index contributed by atoms with van der Waals surface area (Å²) in [5.74, 6) is 1.26. The second-order valence-corrected chi connectivity index (χ2v) is 10.9. The normalized spacial score (nSPS) is 19.0. The van der Waals surface area contributed by atoms with Crippen LogP contribution in [-0.2, 0) is 14.3 Å². The van der Waals surface area contributed by atoms with E-state index in [4.69, 9.17) is 10.5 Å². The topological polar surface area (TPSA) is 69.4 Å². The maximum Gasteiger partial charge on any atom is 0.305 e. The minimum atomic E-state index is -0.0377.